The Morgan fingerprint density at radius 1 is 1.04 bits per heavy atom. The summed E-state index contributed by atoms with van der Waals surface area (Å²) in [5.74, 6) is 3.19. The summed E-state index contributed by atoms with van der Waals surface area (Å²) < 4.78 is 0. The van der Waals surface area contributed by atoms with Gasteiger partial charge in [0.05, 0.1) is 5.41 Å². The molecule has 4 bridgehead atoms. The third kappa shape index (κ3) is 3.47. The highest BCUT2D eigenvalue weighted by Gasteiger charge is 2.56. The van der Waals surface area contributed by atoms with E-state index in [2.05, 4.69) is 17.6 Å². The van der Waals surface area contributed by atoms with Gasteiger partial charge in [-0.25, -0.2) is 0 Å². The summed E-state index contributed by atoms with van der Waals surface area (Å²) in [7, 11) is 0. The lowest BCUT2D eigenvalue weighted by Gasteiger charge is -2.56. The molecule has 6 rings (SSSR count). The molecule has 3 atom stereocenters. The zero-order valence-corrected chi connectivity index (χ0v) is 17.9. The van der Waals surface area contributed by atoms with Crippen molar-refractivity contribution in [3.8, 4) is 0 Å². The topological polar surface area (TPSA) is 61.4 Å². The number of carbonyl (C=O) groups is 2. The molecule has 6 aliphatic rings. The van der Waals surface area contributed by atoms with Crippen molar-refractivity contribution in [3.63, 3.8) is 0 Å². The maximum Gasteiger partial charge on any atom is 0.243 e. The number of hydrogen-bond donors (Lipinski definition) is 2. The Balaban J connectivity index is 0.00000192. The lowest BCUT2D eigenvalue weighted by Crippen LogP contribution is -2.58. The fourth-order valence-corrected chi connectivity index (χ4v) is 7.47. The van der Waals surface area contributed by atoms with Crippen molar-refractivity contribution in [2.75, 3.05) is 19.6 Å². The van der Waals surface area contributed by atoms with Crippen LogP contribution >= 0.6 is 12.4 Å². The fourth-order valence-electron chi connectivity index (χ4n) is 7.47. The summed E-state index contributed by atoms with van der Waals surface area (Å²) in [6, 6.07) is 0.0171. The van der Waals surface area contributed by atoms with E-state index >= 15 is 0 Å². The molecule has 4 saturated carbocycles. The summed E-state index contributed by atoms with van der Waals surface area (Å²) in [5.41, 5.74) is -0.125. The Kier molecular flexibility index (Phi) is 5.69. The zero-order valence-electron chi connectivity index (χ0n) is 17.1. The molecule has 2 amide bonds. The Hall–Kier alpha value is -0.810. The zero-order chi connectivity index (χ0) is 18.6. The van der Waals surface area contributed by atoms with Crippen molar-refractivity contribution in [1.29, 1.82) is 0 Å². The van der Waals surface area contributed by atoms with Gasteiger partial charge in [-0.3, -0.25) is 9.59 Å². The van der Waals surface area contributed by atoms with E-state index in [9.17, 15) is 9.59 Å². The van der Waals surface area contributed by atoms with Gasteiger partial charge in [0, 0.05) is 12.6 Å². The molecule has 2 aliphatic heterocycles. The Labute approximate surface area is 175 Å². The summed E-state index contributed by atoms with van der Waals surface area (Å²) >= 11 is 0. The van der Waals surface area contributed by atoms with Gasteiger partial charge in [0.2, 0.25) is 11.8 Å². The van der Waals surface area contributed by atoms with Gasteiger partial charge in [0.1, 0.15) is 6.04 Å². The number of rotatable bonds is 3. The van der Waals surface area contributed by atoms with E-state index in [0.717, 1.165) is 75.9 Å². The number of nitrogens with zero attached hydrogens (tertiary/aromatic N) is 1. The van der Waals surface area contributed by atoms with Gasteiger partial charge in [-0.05, 0) is 94.5 Å². The number of likely N-dealkylation sites (tertiary alicyclic amines) is 1. The van der Waals surface area contributed by atoms with Crippen LogP contribution in [0.4, 0.5) is 0 Å². The minimum atomic E-state index is -0.229. The van der Waals surface area contributed by atoms with E-state index in [0.29, 0.717) is 11.8 Å². The molecule has 0 aromatic heterocycles. The van der Waals surface area contributed by atoms with Crippen LogP contribution in [0.1, 0.15) is 64.7 Å². The van der Waals surface area contributed by atoms with Crippen molar-refractivity contribution in [3.05, 3.63) is 0 Å². The third-order valence-electron chi connectivity index (χ3n) is 8.42. The number of piperidine rings is 1. The van der Waals surface area contributed by atoms with E-state index < -0.39 is 0 Å². The summed E-state index contributed by atoms with van der Waals surface area (Å²) in [4.78, 5) is 28.8. The quantitative estimate of drug-likeness (QED) is 0.753. The molecule has 0 spiro atoms. The molecule has 4 aliphatic carbocycles. The van der Waals surface area contributed by atoms with Crippen LogP contribution in [-0.2, 0) is 9.59 Å². The van der Waals surface area contributed by atoms with Crippen LogP contribution in [-0.4, -0.2) is 48.4 Å². The maximum absolute atomic E-state index is 13.7. The van der Waals surface area contributed by atoms with Crippen LogP contribution in [0.2, 0.25) is 0 Å². The van der Waals surface area contributed by atoms with Crippen LogP contribution in [0.5, 0.6) is 0 Å². The van der Waals surface area contributed by atoms with E-state index in [-0.39, 0.29) is 35.8 Å². The van der Waals surface area contributed by atoms with Crippen molar-refractivity contribution in [1.82, 2.24) is 15.5 Å². The smallest absolute Gasteiger partial charge is 0.243 e. The van der Waals surface area contributed by atoms with Gasteiger partial charge in [-0.15, -0.1) is 12.4 Å². The van der Waals surface area contributed by atoms with E-state index in [1.807, 2.05) is 4.90 Å². The number of nitrogens with one attached hydrogen (secondary N) is 2. The highest BCUT2D eigenvalue weighted by Crippen LogP contribution is 2.60. The number of halogens is 1. The molecule has 3 unspecified atom stereocenters. The molecule has 0 radical (unpaired) electrons. The summed E-state index contributed by atoms with van der Waals surface area (Å²) in [6.45, 7) is 4.91. The van der Waals surface area contributed by atoms with Gasteiger partial charge in [-0.2, -0.15) is 0 Å². The second-order valence-electron chi connectivity index (χ2n) is 10.4. The van der Waals surface area contributed by atoms with Crippen LogP contribution < -0.4 is 10.6 Å². The largest absolute Gasteiger partial charge is 0.351 e. The molecular formula is C22H36ClN3O2. The molecule has 6 heteroatoms. The number of carbonyl (C=O) groups excluding carboxylic acids is 2. The average molecular weight is 410 g/mol. The number of amides is 2. The SMILES string of the molecule is CC1CNCCC1NC(=O)C1CCCN1C(=O)C12CC3CC(CC(C3)C1)C2.Cl. The van der Waals surface area contributed by atoms with E-state index in [1.54, 1.807) is 0 Å². The summed E-state index contributed by atoms with van der Waals surface area (Å²) in [5, 5.41) is 6.69. The highest BCUT2D eigenvalue weighted by molar-refractivity contribution is 5.91. The van der Waals surface area contributed by atoms with Gasteiger partial charge < -0.3 is 15.5 Å². The lowest BCUT2D eigenvalue weighted by molar-refractivity contribution is -0.160. The van der Waals surface area contributed by atoms with E-state index in [1.165, 1.54) is 19.3 Å². The first-order chi connectivity index (χ1) is 13.0. The molecule has 158 valence electrons. The average Bonchev–Trinajstić information content (AvgIpc) is 3.11. The van der Waals surface area contributed by atoms with Crippen LogP contribution in [0.3, 0.4) is 0 Å². The predicted molar refractivity (Wildman–Crippen MR) is 111 cm³/mol. The highest BCUT2D eigenvalue weighted by atomic mass is 35.5. The molecule has 5 nitrogen and oxygen atoms in total. The Morgan fingerprint density at radius 2 is 1.68 bits per heavy atom. The molecule has 28 heavy (non-hydrogen) atoms. The fraction of sp³-hybridized carbons (Fsp3) is 0.909. The Bertz CT molecular complexity index is 590. The second kappa shape index (κ2) is 7.79. The van der Waals surface area contributed by atoms with Crippen LogP contribution in [0, 0.1) is 29.1 Å². The second-order valence-corrected chi connectivity index (χ2v) is 10.4. The van der Waals surface area contributed by atoms with Crippen molar-refractivity contribution >= 4 is 24.2 Å². The minimum Gasteiger partial charge on any atom is -0.351 e. The molecule has 2 N–H and O–H groups in total. The first-order valence-electron chi connectivity index (χ1n) is 11.4. The predicted octanol–water partition coefficient (Wildman–Crippen LogP) is 2.73. The van der Waals surface area contributed by atoms with Gasteiger partial charge in [0.25, 0.3) is 0 Å². The van der Waals surface area contributed by atoms with Gasteiger partial charge in [0.15, 0.2) is 0 Å². The molecule has 2 saturated heterocycles. The maximum atomic E-state index is 13.7. The first-order valence-corrected chi connectivity index (χ1v) is 11.4. The lowest BCUT2D eigenvalue weighted by atomic mass is 9.49. The molecule has 2 heterocycles. The van der Waals surface area contributed by atoms with Gasteiger partial charge in [-0.1, -0.05) is 6.92 Å². The standard InChI is InChI=1S/C22H35N3O2.ClH/c1-14-13-23-5-4-18(14)24-20(26)19-3-2-6-25(19)21(27)22-10-15-7-16(11-22)9-17(8-15)12-22;/h14-19,23H,2-13H2,1H3,(H,24,26);1H. The first kappa shape index (κ1) is 20.5. The number of hydrogen-bond acceptors (Lipinski definition) is 3. The molecule has 0 aromatic carbocycles. The van der Waals surface area contributed by atoms with Crippen molar-refractivity contribution in [2.45, 2.75) is 76.8 Å². The monoisotopic (exact) mass is 409 g/mol. The minimum absolute atomic E-state index is 0. The normalized spacial score (nSPS) is 44.2. The molecule has 0 aromatic rings. The summed E-state index contributed by atoms with van der Waals surface area (Å²) in [6.07, 6.45) is 10.1. The molecule has 6 fully saturated rings. The third-order valence-corrected chi connectivity index (χ3v) is 8.42. The van der Waals surface area contributed by atoms with E-state index in [4.69, 9.17) is 0 Å². The van der Waals surface area contributed by atoms with Crippen LogP contribution in [0.15, 0.2) is 0 Å². The van der Waals surface area contributed by atoms with Gasteiger partial charge >= 0.3 is 0 Å². The van der Waals surface area contributed by atoms with Crippen molar-refractivity contribution < 1.29 is 9.59 Å². The van der Waals surface area contributed by atoms with Crippen molar-refractivity contribution in [2.24, 2.45) is 29.1 Å². The molecular weight excluding hydrogens is 374 g/mol. The van der Waals surface area contributed by atoms with Crippen LogP contribution in [0.25, 0.3) is 0 Å². The Morgan fingerprint density at radius 3 is 2.29 bits per heavy atom.